The van der Waals surface area contributed by atoms with E-state index >= 15 is 0 Å². The van der Waals surface area contributed by atoms with Crippen molar-refractivity contribution in [3.8, 4) is 0 Å². The summed E-state index contributed by atoms with van der Waals surface area (Å²) in [6.07, 6.45) is 8.66. The molecule has 0 saturated heterocycles. The maximum Gasteiger partial charge on any atom is 0.221 e. The van der Waals surface area contributed by atoms with Gasteiger partial charge < -0.3 is 10.6 Å². The molecule has 1 amide bonds. The van der Waals surface area contributed by atoms with Gasteiger partial charge >= 0.3 is 0 Å². The molecule has 1 aliphatic rings. The highest BCUT2D eigenvalue weighted by Gasteiger charge is 2.06. The predicted octanol–water partition coefficient (Wildman–Crippen LogP) is 4.80. The monoisotopic (exact) mass is 340 g/mol. The van der Waals surface area contributed by atoms with Crippen LogP contribution in [0.5, 0.6) is 0 Å². The van der Waals surface area contributed by atoms with E-state index in [-0.39, 0.29) is 5.91 Å². The van der Waals surface area contributed by atoms with Gasteiger partial charge in [0, 0.05) is 24.5 Å². The van der Waals surface area contributed by atoms with Crippen molar-refractivity contribution in [2.45, 2.75) is 38.5 Å². The lowest BCUT2D eigenvalue weighted by molar-refractivity contribution is -0.120. The van der Waals surface area contributed by atoms with Crippen LogP contribution in [0.1, 0.15) is 38.5 Å². The third-order valence-electron chi connectivity index (χ3n) is 3.75. The highest BCUT2D eigenvalue weighted by Crippen LogP contribution is 2.25. The first kappa shape index (κ1) is 17.2. The number of halogens is 2. The van der Waals surface area contributed by atoms with Crippen molar-refractivity contribution in [1.29, 1.82) is 0 Å². The van der Waals surface area contributed by atoms with Crippen LogP contribution in [0.15, 0.2) is 29.8 Å². The average Bonchev–Trinajstić information content (AvgIpc) is 2.52. The summed E-state index contributed by atoms with van der Waals surface area (Å²) in [5, 5.41) is 7.33. The van der Waals surface area contributed by atoms with Crippen LogP contribution in [-0.4, -0.2) is 19.0 Å². The molecule has 0 spiro atoms. The first-order valence-electron chi connectivity index (χ1n) is 7.78. The van der Waals surface area contributed by atoms with Crippen LogP contribution in [-0.2, 0) is 4.79 Å². The zero-order valence-corrected chi connectivity index (χ0v) is 14.1. The molecule has 2 N–H and O–H groups in total. The van der Waals surface area contributed by atoms with Gasteiger partial charge in [0.2, 0.25) is 5.91 Å². The molecule has 1 aliphatic carbocycles. The minimum Gasteiger partial charge on any atom is -0.383 e. The van der Waals surface area contributed by atoms with Crippen LogP contribution in [0.3, 0.4) is 0 Å². The molecule has 0 atom stereocenters. The number of nitrogens with one attached hydrogen (secondary N) is 2. The Labute approximate surface area is 142 Å². The first-order valence-corrected chi connectivity index (χ1v) is 8.54. The van der Waals surface area contributed by atoms with Gasteiger partial charge in [-0.3, -0.25) is 4.79 Å². The molecule has 0 bridgehead atoms. The van der Waals surface area contributed by atoms with E-state index in [0.717, 1.165) is 18.7 Å². The van der Waals surface area contributed by atoms with E-state index in [2.05, 4.69) is 16.7 Å². The van der Waals surface area contributed by atoms with E-state index in [0.29, 0.717) is 23.0 Å². The molecule has 5 heteroatoms. The van der Waals surface area contributed by atoms with Gasteiger partial charge in [-0.1, -0.05) is 34.9 Å². The first-order chi connectivity index (χ1) is 10.6. The molecule has 0 saturated carbocycles. The van der Waals surface area contributed by atoms with Gasteiger partial charge in [-0.25, -0.2) is 0 Å². The molecule has 1 aromatic carbocycles. The Bertz CT molecular complexity index is 543. The van der Waals surface area contributed by atoms with Crippen LogP contribution in [0.4, 0.5) is 5.69 Å². The lowest BCUT2D eigenvalue weighted by Crippen LogP contribution is -2.26. The molecule has 3 nitrogen and oxygen atoms in total. The average molecular weight is 341 g/mol. The fraction of sp³-hybridized carbons (Fsp3) is 0.471. The van der Waals surface area contributed by atoms with Crippen molar-refractivity contribution >= 4 is 34.8 Å². The molecule has 0 fully saturated rings. The van der Waals surface area contributed by atoms with E-state index < -0.39 is 0 Å². The molecule has 0 heterocycles. The van der Waals surface area contributed by atoms with Crippen LogP contribution < -0.4 is 10.6 Å². The highest BCUT2D eigenvalue weighted by atomic mass is 35.5. The lowest BCUT2D eigenvalue weighted by atomic mass is 9.97. The second kappa shape index (κ2) is 9.06. The Morgan fingerprint density at radius 2 is 2.05 bits per heavy atom. The SMILES string of the molecule is O=C(CCNc1cc(Cl)ccc1Cl)NCCC1=CCCCC1. The van der Waals surface area contributed by atoms with Crippen LogP contribution >= 0.6 is 23.2 Å². The zero-order chi connectivity index (χ0) is 15.8. The zero-order valence-electron chi connectivity index (χ0n) is 12.6. The van der Waals surface area contributed by atoms with E-state index in [9.17, 15) is 4.79 Å². The summed E-state index contributed by atoms with van der Waals surface area (Å²) >= 11 is 12.0. The highest BCUT2D eigenvalue weighted by molar-refractivity contribution is 6.35. The van der Waals surface area contributed by atoms with Crippen LogP contribution in [0, 0.1) is 0 Å². The van der Waals surface area contributed by atoms with Gasteiger partial charge in [-0.15, -0.1) is 0 Å². The number of carbonyl (C=O) groups is 1. The Hall–Kier alpha value is -1.19. The second-order valence-corrected chi connectivity index (χ2v) is 6.35. The largest absolute Gasteiger partial charge is 0.383 e. The Morgan fingerprint density at radius 1 is 1.18 bits per heavy atom. The minimum absolute atomic E-state index is 0.0575. The molecule has 0 unspecified atom stereocenters. The molecule has 120 valence electrons. The van der Waals surface area contributed by atoms with Gasteiger partial charge in [0.1, 0.15) is 0 Å². The summed E-state index contributed by atoms with van der Waals surface area (Å²) < 4.78 is 0. The maximum absolute atomic E-state index is 11.8. The number of hydrogen-bond acceptors (Lipinski definition) is 2. The lowest BCUT2D eigenvalue weighted by Gasteiger charge is -2.13. The second-order valence-electron chi connectivity index (χ2n) is 5.51. The Kier molecular flexibility index (Phi) is 7.07. The minimum atomic E-state index is 0.0575. The van der Waals surface area contributed by atoms with Gasteiger partial charge in [0.15, 0.2) is 0 Å². The van der Waals surface area contributed by atoms with Crippen LogP contribution in [0.2, 0.25) is 10.0 Å². The number of hydrogen-bond donors (Lipinski definition) is 2. The smallest absolute Gasteiger partial charge is 0.221 e. The molecule has 0 aromatic heterocycles. The van der Waals surface area contributed by atoms with E-state index in [1.807, 2.05) is 0 Å². The van der Waals surface area contributed by atoms with Crippen molar-refractivity contribution in [3.63, 3.8) is 0 Å². The predicted molar refractivity (Wildman–Crippen MR) is 93.7 cm³/mol. The summed E-state index contributed by atoms with van der Waals surface area (Å²) in [6, 6.07) is 5.24. The third kappa shape index (κ3) is 5.90. The molecule has 2 rings (SSSR count). The normalized spacial score (nSPS) is 14.4. The van der Waals surface area contributed by atoms with E-state index in [1.54, 1.807) is 18.2 Å². The summed E-state index contributed by atoms with van der Waals surface area (Å²) in [5.41, 5.74) is 2.24. The molecular weight excluding hydrogens is 319 g/mol. The Morgan fingerprint density at radius 3 is 2.82 bits per heavy atom. The molecule has 1 aromatic rings. The van der Waals surface area contributed by atoms with Crippen LogP contribution in [0.25, 0.3) is 0 Å². The molecule has 22 heavy (non-hydrogen) atoms. The van der Waals surface area contributed by atoms with Crippen molar-refractivity contribution in [3.05, 3.63) is 39.9 Å². The van der Waals surface area contributed by atoms with Gasteiger partial charge in [0.05, 0.1) is 10.7 Å². The topological polar surface area (TPSA) is 41.1 Å². The number of carbonyl (C=O) groups excluding carboxylic acids is 1. The van der Waals surface area contributed by atoms with Crippen molar-refractivity contribution < 1.29 is 4.79 Å². The number of benzene rings is 1. The van der Waals surface area contributed by atoms with Gasteiger partial charge in [-0.2, -0.15) is 0 Å². The number of anilines is 1. The summed E-state index contributed by atoms with van der Waals surface area (Å²) in [5.74, 6) is 0.0575. The molecule has 0 radical (unpaired) electrons. The van der Waals surface area contributed by atoms with E-state index in [1.165, 1.54) is 31.3 Å². The number of amides is 1. The van der Waals surface area contributed by atoms with Crippen molar-refractivity contribution in [2.75, 3.05) is 18.4 Å². The summed E-state index contributed by atoms with van der Waals surface area (Å²) in [6.45, 7) is 1.26. The quantitative estimate of drug-likeness (QED) is 0.699. The molecular formula is C17H22Cl2N2O. The molecule has 0 aliphatic heterocycles. The van der Waals surface area contributed by atoms with Gasteiger partial charge in [-0.05, 0) is 50.3 Å². The van der Waals surface area contributed by atoms with Gasteiger partial charge in [0.25, 0.3) is 0 Å². The van der Waals surface area contributed by atoms with E-state index in [4.69, 9.17) is 23.2 Å². The fourth-order valence-corrected chi connectivity index (χ4v) is 2.88. The van der Waals surface area contributed by atoms with Crippen molar-refractivity contribution in [1.82, 2.24) is 5.32 Å². The number of allylic oxidation sites excluding steroid dienone is 1. The third-order valence-corrected chi connectivity index (χ3v) is 4.31. The summed E-state index contributed by atoms with van der Waals surface area (Å²) in [7, 11) is 0. The van der Waals surface area contributed by atoms with Crippen molar-refractivity contribution in [2.24, 2.45) is 0 Å². The maximum atomic E-state index is 11.8. The standard InChI is InChI=1S/C17H22Cl2N2O/c18-14-6-7-15(19)16(12-14)20-11-9-17(22)21-10-8-13-4-2-1-3-5-13/h4,6-7,12,20H,1-3,5,8-11H2,(H,21,22). The number of rotatable bonds is 7. The fourth-order valence-electron chi connectivity index (χ4n) is 2.53. The Balaban J connectivity index is 1.63. The summed E-state index contributed by atoms with van der Waals surface area (Å²) in [4.78, 5) is 11.8.